The predicted octanol–water partition coefficient (Wildman–Crippen LogP) is 4.62. The SMILES string of the molecule is CCNC(Cc1ccc(Br)cc1)c1ccc(F)c(F)c1. The molecule has 1 atom stereocenters. The topological polar surface area (TPSA) is 12.0 Å². The smallest absolute Gasteiger partial charge is 0.159 e. The van der Waals surface area contributed by atoms with Gasteiger partial charge in [-0.2, -0.15) is 0 Å². The Balaban J connectivity index is 2.21. The van der Waals surface area contributed by atoms with E-state index in [1.54, 1.807) is 6.07 Å². The Hall–Kier alpha value is -1.26. The lowest BCUT2D eigenvalue weighted by Crippen LogP contribution is -2.23. The summed E-state index contributed by atoms with van der Waals surface area (Å²) in [6.07, 6.45) is 0.728. The van der Waals surface area contributed by atoms with Gasteiger partial charge in [0.15, 0.2) is 11.6 Å². The number of hydrogen-bond donors (Lipinski definition) is 1. The molecule has 0 aromatic heterocycles. The maximum atomic E-state index is 13.4. The second kappa shape index (κ2) is 6.95. The highest BCUT2D eigenvalue weighted by Gasteiger charge is 2.13. The summed E-state index contributed by atoms with van der Waals surface area (Å²) < 4.78 is 27.4. The monoisotopic (exact) mass is 339 g/mol. The fraction of sp³-hybridized carbons (Fsp3) is 0.250. The predicted molar refractivity (Wildman–Crippen MR) is 80.6 cm³/mol. The van der Waals surface area contributed by atoms with Crippen LogP contribution in [0.4, 0.5) is 8.78 Å². The first-order valence-corrected chi connectivity index (χ1v) is 7.32. The lowest BCUT2D eigenvalue weighted by Gasteiger charge is -2.19. The molecule has 0 spiro atoms. The zero-order valence-corrected chi connectivity index (χ0v) is 12.8. The molecule has 0 saturated heterocycles. The average Bonchev–Trinajstić information content (AvgIpc) is 2.44. The van der Waals surface area contributed by atoms with Gasteiger partial charge in [-0.15, -0.1) is 0 Å². The van der Waals surface area contributed by atoms with Gasteiger partial charge in [-0.1, -0.05) is 41.1 Å². The lowest BCUT2D eigenvalue weighted by molar-refractivity contribution is 0.497. The molecule has 106 valence electrons. The van der Waals surface area contributed by atoms with Crippen LogP contribution in [0.3, 0.4) is 0 Å². The lowest BCUT2D eigenvalue weighted by atomic mass is 9.98. The van der Waals surface area contributed by atoms with Crippen LogP contribution in [0.15, 0.2) is 46.9 Å². The van der Waals surface area contributed by atoms with Crippen molar-refractivity contribution in [3.05, 3.63) is 69.7 Å². The largest absolute Gasteiger partial charge is 0.310 e. The molecule has 20 heavy (non-hydrogen) atoms. The molecule has 0 heterocycles. The molecular weight excluding hydrogens is 324 g/mol. The summed E-state index contributed by atoms with van der Waals surface area (Å²) in [5.41, 5.74) is 1.90. The number of nitrogens with one attached hydrogen (secondary N) is 1. The van der Waals surface area contributed by atoms with E-state index in [2.05, 4.69) is 21.2 Å². The molecule has 0 saturated carbocycles. The van der Waals surface area contributed by atoms with Gasteiger partial charge in [0.05, 0.1) is 0 Å². The van der Waals surface area contributed by atoms with Crippen molar-refractivity contribution in [1.82, 2.24) is 5.32 Å². The third-order valence-electron chi connectivity index (χ3n) is 3.15. The van der Waals surface area contributed by atoms with Crippen molar-refractivity contribution in [2.75, 3.05) is 6.54 Å². The van der Waals surface area contributed by atoms with Gasteiger partial charge in [0.2, 0.25) is 0 Å². The van der Waals surface area contributed by atoms with Gasteiger partial charge in [-0.05, 0) is 48.4 Å². The standard InChI is InChI=1S/C16H16BrF2N/c1-2-20-16(9-11-3-6-13(17)7-4-11)12-5-8-14(18)15(19)10-12/h3-8,10,16,20H,2,9H2,1H3. The van der Waals surface area contributed by atoms with E-state index in [4.69, 9.17) is 0 Å². The Morgan fingerprint density at radius 1 is 1.05 bits per heavy atom. The summed E-state index contributed by atoms with van der Waals surface area (Å²) in [7, 11) is 0. The summed E-state index contributed by atoms with van der Waals surface area (Å²) in [5, 5.41) is 3.31. The summed E-state index contributed by atoms with van der Waals surface area (Å²) in [5.74, 6) is -1.62. The Labute approximate surface area is 126 Å². The van der Waals surface area contributed by atoms with Crippen molar-refractivity contribution in [2.24, 2.45) is 0 Å². The molecule has 0 radical (unpaired) electrons. The number of benzene rings is 2. The molecule has 2 aromatic carbocycles. The fourth-order valence-electron chi connectivity index (χ4n) is 2.14. The minimum absolute atomic E-state index is 0.0312. The van der Waals surface area contributed by atoms with Gasteiger partial charge in [-0.3, -0.25) is 0 Å². The summed E-state index contributed by atoms with van der Waals surface area (Å²) in [6.45, 7) is 2.76. The first-order chi connectivity index (χ1) is 9.60. The van der Waals surface area contributed by atoms with Crippen molar-refractivity contribution in [1.29, 1.82) is 0 Å². The van der Waals surface area contributed by atoms with Crippen LogP contribution in [0.1, 0.15) is 24.1 Å². The molecule has 1 N–H and O–H groups in total. The highest BCUT2D eigenvalue weighted by atomic mass is 79.9. The summed E-state index contributed by atoms with van der Waals surface area (Å²) in [6, 6.07) is 12.0. The minimum atomic E-state index is -0.812. The highest BCUT2D eigenvalue weighted by molar-refractivity contribution is 9.10. The van der Waals surface area contributed by atoms with Gasteiger partial charge < -0.3 is 5.32 Å². The highest BCUT2D eigenvalue weighted by Crippen LogP contribution is 2.21. The number of rotatable bonds is 5. The molecule has 0 fully saturated rings. The first kappa shape index (κ1) is 15.1. The zero-order chi connectivity index (χ0) is 14.5. The number of hydrogen-bond acceptors (Lipinski definition) is 1. The van der Waals surface area contributed by atoms with Crippen LogP contribution in [-0.4, -0.2) is 6.54 Å². The second-order valence-electron chi connectivity index (χ2n) is 4.61. The van der Waals surface area contributed by atoms with Crippen LogP contribution >= 0.6 is 15.9 Å². The molecule has 1 unspecified atom stereocenters. The van der Waals surface area contributed by atoms with Crippen LogP contribution in [-0.2, 0) is 6.42 Å². The van der Waals surface area contributed by atoms with E-state index in [1.807, 2.05) is 31.2 Å². The third kappa shape index (κ3) is 3.87. The second-order valence-corrected chi connectivity index (χ2v) is 5.53. The molecule has 0 amide bonds. The van der Waals surface area contributed by atoms with Crippen molar-refractivity contribution in [3.63, 3.8) is 0 Å². The van der Waals surface area contributed by atoms with Crippen LogP contribution < -0.4 is 5.32 Å². The quantitative estimate of drug-likeness (QED) is 0.837. The van der Waals surface area contributed by atoms with E-state index < -0.39 is 11.6 Å². The number of halogens is 3. The maximum Gasteiger partial charge on any atom is 0.159 e. The Morgan fingerprint density at radius 2 is 1.75 bits per heavy atom. The molecule has 0 aliphatic heterocycles. The molecule has 1 nitrogen and oxygen atoms in total. The van der Waals surface area contributed by atoms with Crippen LogP contribution in [0.5, 0.6) is 0 Å². The van der Waals surface area contributed by atoms with Crippen molar-refractivity contribution >= 4 is 15.9 Å². The Bertz CT molecular complexity index is 569. The Morgan fingerprint density at radius 3 is 2.35 bits per heavy atom. The maximum absolute atomic E-state index is 13.4. The molecular formula is C16H16BrF2N. The summed E-state index contributed by atoms with van der Waals surface area (Å²) >= 11 is 3.40. The molecule has 0 aliphatic carbocycles. The van der Waals surface area contributed by atoms with Gasteiger partial charge in [0.1, 0.15) is 0 Å². The van der Waals surface area contributed by atoms with Gasteiger partial charge in [0, 0.05) is 10.5 Å². The van der Waals surface area contributed by atoms with E-state index in [9.17, 15) is 8.78 Å². The zero-order valence-electron chi connectivity index (χ0n) is 11.2. The van der Waals surface area contributed by atoms with E-state index in [0.717, 1.165) is 28.6 Å². The minimum Gasteiger partial charge on any atom is -0.310 e. The van der Waals surface area contributed by atoms with E-state index in [-0.39, 0.29) is 6.04 Å². The van der Waals surface area contributed by atoms with E-state index in [1.165, 1.54) is 12.1 Å². The van der Waals surface area contributed by atoms with Crippen molar-refractivity contribution in [3.8, 4) is 0 Å². The van der Waals surface area contributed by atoms with Crippen LogP contribution in [0.2, 0.25) is 0 Å². The van der Waals surface area contributed by atoms with Crippen molar-refractivity contribution in [2.45, 2.75) is 19.4 Å². The first-order valence-electron chi connectivity index (χ1n) is 6.53. The third-order valence-corrected chi connectivity index (χ3v) is 3.68. The van der Waals surface area contributed by atoms with E-state index >= 15 is 0 Å². The van der Waals surface area contributed by atoms with Gasteiger partial charge in [0.25, 0.3) is 0 Å². The molecule has 4 heteroatoms. The Kier molecular flexibility index (Phi) is 5.26. The van der Waals surface area contributed by atoms with Gasteiger partial charge >= 0.3 is 0 Å². The van der Waals surface area contributed by atoms with Crippen LogP contribution in [0, 0.1) is 11.6 Å². The van der Waals surface area contributed by atoms with Crippen molar-refractivity contribution < 1.29 is 8.78 Å². The normalized spacial score (nSPS) is 12.4. The van der Waals surface area contributed by atoms with Crippen LogP contribution in [0.25, 0.3) is 0 Å². The molecule has 0 bridgehead atoms. The van der Waals surface area contributed by atoms with E-state index in [0.29, 0.717) is 0 Å². The summed E-state index contributed by atoms with van der Waals surface area (Å²) in [4.78, 5) is 0. The fourth-order valence-corrected chi connectivity index (χ4v) is 2.40. The molecule has 0 aliphatic rings. The average molecular weight is 340 g/mol. The molecule has 2 rings (SSSR count). The molecule has 2 aromatic rings. The number of likely N-dealkylation sites (N-methyl/N-ethyl adjacent to an activating group) is 1. The van der Waals surface area contributed by atoms with Gasteiger partial charge in [-0.25, -0.2) is 8.78 Å².